The van der Waals surface area contributed by atoms with Gasteiger partial charge in [0.2, 0.25) is 0 Å². The largest absolute Gasteiger partial charge is 0.467 e. The molecule has 0 unspecified atom stereocenters. The van der Waals surface area contributed by atoms with E-state index in [1.165, 1.54) is 24.8 Å². The Hall–Kier alpha value is -1.86. The molecule has 0 aliphatic heterocycles. The molecule has 106 valence electrons. The van der Waals surface area contributed by atoms with Crippen molar-refractivity contribution in [1.29, 1.82) is 0 Å². The summed E-state index contributed by atoms with van der Waals surface area (Å²) < 4.78 is 4.69. The number of aromatic nitrogens is 2. The normalized spacial score (nSPS) is 11.9. The van der Waals surface area contributed by atoms with E-state index in [4.69, 9.17) is 16.3 Å². The molecule has 2 heterocycles. The molecule has 0 radical (unpaired) electrons. The predicted octanol–water partition coefficient (Wildman–Crippen LogP) is 1.64. The van der Waals surface area contributed by atoms with Gasteiger partial charge in [-0.05, 0) is 11.4 Å². The van der Waals surface area contributed by atoms with Crippen LogP contribution in [0.2, 0.25) is 5.02 Å². The first-order valence-electron chi connectivity index (χ1n) is 5.70. The maximum Gasteiger partial charge on any atom is 0.328 e. The van der Waals surface area contributed by atoms with Crippen LogP contribution < -0.4 is 5.32 Å². The molecule has 0 bridgehead atoms. The lowest BCUT2D eigenvalue weighted by molar-refractivity contribution is -0.142. The Kier molecular flexibility index (Phi) is 4.75. The van der Waals surface area contributed by atoms with E-state index < -0.39 is 17.9 Å². The highest BCUT2D eigenvalue weighted by Crippen LogP contribution is 2.21. The number of H-pyrrole nitrogens is 1. The molecule has 2 aromatic rings. The minimum Gasteiger partial charge on any atom is -0.467 e. The number of thiophene rings is 1. The van der Waals surface area contributed by atoms with Crippen LogP contribution in [0.25, 0.3) is 0 Å². The van der Waals surface area contributed by atoms with E-state index in [1.807, 2.05) is 0 Å². The summed E-state index contributed by atoms with van der Waals surface area (Å²) >= 11 is 7.10. The Morgan fingerprint density at radius 3 is 2.95 bits per heavy atom. The molecule has 0 aromatic carbocycles. The number of esters is 1. The third-order valence-corrected chi connectivity index (χ3v) is 3.93. The Labute approximate surface area is 124 Å². The van der Waals surface area contributed by atoms with Crippen molar-refractivity contribution in [3.8, 4) is 0 Å². The molecular weight excluding hydrogens is 302 g/mol. The molecule has 8 heteroatoms. The van der Waals surface area contributed by atoms with Crippen LogP contribution in [-0.4, -0.2) is 35.0 Å². The molecule has 6 nitrogen and oxygen atoms in total. The Morgan fingerprint density at radius 1 is 1.60 bits per heavy atom. The molecular formula is C12H12ClN3O3S. The van der Waals surface area contributed by atoms with Crippen LogP contribution >= 0.6 is 22.9 Å². The van der Waals surface area contributed by atoms with E-state index in [0.29, 0.717) is 9.90 Å². The van der Waals surface area contributed by atoms with Gasteiger partial charge >= 0.3 is 5.97 Å². The Balaban J connectivity index is 2.10. The molecule has 0 aliphatic carbocycles. The molecule has 1 amide bonds. The van der Waals surface area contributed by atoms with E-state index in [2.05, 4.69) is 15.3 Å². The number of amides is 1. The number of nitrogens with one attached hydrogen (secondary N) is 2. The monoisotopic (exact) mass is 313 g/mol. The van der Waals surface area contributed by atoms with E-state index in [9.17, 15) is 9.59 Å². The fourth-order valence-corrected chi connectivity index (χ4v) is 2.68. The molecule has 0 saturated carbocycles. The first kappa shape index (κ1) is 14.5. The molecule has 2 N–H and O–H groups in total. The minimum atomic E-state index is -0.800. The van der Waals surface area contributed by atoms with Crippen molar-refractivity contribution in [2.24, 2.45) is 0 Å². The second-order valence-electron chi connectivity index (χ2n) is 3.93. The molecule has 0 saturated heterocycles. The van der Waals surface area contributed by atoms with Gasteiger partial charge < -0.3 is 15.0 Å². The zero-order valence-electron chi connectivity index (χ0n) is 10.6. The number of carbonyl (C=O) groups is 2. The Morgan fingerprint density at radius 2 is 2.40 bits per heavy atom. The summed E-state index contributed by atoms with van der Waals surface area (Å²) in [4.78, 5) is 30.9. The van der Waals surface area contributed by atoms with Gasteiger partial charge in [-0.2, -0.15) is 0 Å². The molecule has 20 heavy (non-hydrogen) atoms. The van der Waals surface area contributed by atoms with E-state index in [0.717, 1.165) is 5.69 Å². The molecule has 2 aromatic heterocycles. The fraction of sp³-hybridized carbons (Fsp3) is 0.250. The highest BCUT2D eigenvalue weighted by molar-refractivity contribution is 7.12. The van der Waals surface area contributed by atoms with Crippen LogP contribution in [0.5, 0.6) is 0 Å². The van der Waals surface area contributed by atoms with Crippen LogP contribution in [0, 0.1) is 0 Å². The van der Waals surface area contributed by atoms with Crippen LogP contribution in [0.15, 0.2) is 24.0 Å². The number of aromatic amines is 1. The average molecular weight is 314 g/mol. The molecule has 0 aliphatic rings. The van der Waals surface area contributed by atoms with E-state index in [1.54, 1.807) is 17.6 Å². The number of nitrogens with zero attached hydrogens (tertiary/aromatic N) is 1. The van der Waals surface area contributed by atoms with Crippen molar-refractivity contribution in [3.05, 3.63) is 39.6 Å². The second kappa shape index (κ2) is 6.53. The summed E-state index contributed by atoms with van der Waals surface area (Å²) in [6, 6.07) is 0.828. The van der Waals surface area contributed by atoms with E-state index in [-0.39, 0.29) is 6.42 Å². The number of carbonyl (C=O) groups excluding carboxylic acids is 2. The summed E-state index contributed by atoms with van der Waals surface area (Å²) in [6.45, 7) is 0. The molecule has 0 spiro atoms. The van der Waals surface area contributed by atoms with Gasteiger partial charge in [0, 0.05) is 18.3 Å². The van der Waals surface area contributed by atoms with E-state index >= 15 is 0 Å². The molecule has 0 fully saturated rings. The van der Waals surface area contributed by atoms with Crippen LogP contribution in [-0.2, 0) is 16.0 Å². The number of halogens is 1. The number of methoxy groups -OCH3 is 1. The zero-order valence-corrected chi connectivity index (χ0v) is 12.1. The lowest BCUT2D eigenvalue weighted by Gasteiger charge is -2.15. The standard InChI is InChI=1S/C12H12ClN3O3S/c1-19-12(18)9(4-7-5-14-6-15-7)16-11(17)10-8(13)2-3-20-10/h2-3,5-6,9H,4H2,1H3,(H,14,15)(H,16,17)/t9-/m0/s1. The van der Waals surface area contributed by atoms with Crippen molar-refractivity contribution in [1.82, 2.24) is 15.3 Å². The number of rotatable bonds is 5. The second-order valence-corrected chi connectivity index (χ2v) is 5.25. The smallest absolute Gasteiger partial charge is 0.328 e. The lowest BCUT2D eigenvalue weighted by Crippen LogP contribution is -2.43. The minimum absolute atomic E-state index is 0.265. The average Bonchev–Trinajstić information content (AvgIpc) is 3.08. The van der Waals surface area contributed by atoms with Crippen molar-refractivity contribution >= 4 is 34.8 Å². The van der Waals surface area contributed by atoms with Crippen LogP contribution in [0.1, 0.15) is 15.4 Å². The van der Waals surface area contributed by atoms with Gasteiger partial charge in [-0.15, -0.1) is 11.3 Å². The summed E-state index contributed by atoms with van der Waals surface area (Å²) in [5, 5.41) is 4.68. The maximum atomic E-state index is 12.1. The zero-order chi connectivity index (χ0) is 14.5. The van der Waals surface area contributed by atoms with Crippen molar-refractivity contribution in [3.63, 3.8) is 0 Å². The molecule has 2 rings (SSSR count). The highest BCUT2D eigenvalue weighted by atomic mass is 35.5. The number of ether oxygens (including phenoxy) is 1. The number of hydrogen-bond acceptors (Lipinski definition) is 5. The SMILES string of the molecule is COC(=O)[C@H](Cc1cnc[nH]1)NC(=O)c1sccc1Cl. The van der Waals surface area contributed by atoms with Crippen molar-refractivity contribution in [2.75, 3.05) is 7.11 Å². The van der Waals surface area contributed by atoms with Gasteiger partial charge in [0.25, 0.3) is 5.91 Å². The summed E-state index contributed by atoms with van der Waals surface area (Å²) in [5.41, 5.74) is 0.720. The molecule has 1 atom stereocenters. The van der Waals surface area contributed by atoms with Crippen LogP contribution in [0.4, 0.5) is 0 Å². The predicted molar refractivity (Wildman–Crippen MR) is 74.9 cm³/mol. The highest BCUT2D eigenvalue weighted by Gasteiger charge is 2.24. The van der Waals surface area contributed by atoms with Gasteiger partial charge in [0.1, 0.15) is 10.9 Å². The third-order valence-electron chi connectivity index (χ3n) is 2.59. The maximum absolute atomic E-state index is 12.1. The van der Waals surface area contributed by atoms with Gasteiger partial charge in [-0.25, -0.2) is 9.78 Å². The number of imidazole rings is 1. The summed E-state index contributed by atoms with van der Waals surface area (Å²) in [5.74, 6) is -0.930. The van der Waals surface area contributed by atoms with Gasteiger partial charge in [-0.1, -0.05) is 11.6 Å². The van der Waals surface area contributed by atoms with Gasteiger partial charge in [0.15, 0.2) is 0 Å². The summed E-state index contributed by atoms with van der Waals surface area (Å²) in [7, 11) is 1.27. The van der Waals surface area contributed by atoms with Gasteiger partial charge in [0.05, 0.1) is 18.5 Å². The number of hydrogen-bond donors (Lipinski definition) is 2. The first-order valence-corrected chi connectivity index (χ1v) is 6.96. The van der Waals surface area contributed by atoms with Crippen molar-refractivity contribution < 1.29 is 14.3 Å². The summed E-state index contributed by atoms with van der Waals surface area (Å²) in [6.07, 6.45) is 3.35. The van der Waals surface area contributed by atoms with Crippen molar-refractivity contribution in [2.45, 2.75) is 12.5 Å². The quantitative estimate of drug-likeness (QED) is 0.822. The lowest BCUT2D eigenvalue weighted by atomic mass is 10.1. The topological polar surface area (TPSA) is 84.1 Å². The fourth-order valence-electron chi connectivity index (χ4n) is 1.63. The van der Waals surface area contributed by atoms with Gasteiger partial charge in [-0.3, -0.25) is 4.79 Å². The first-order chi connectivity index (χ1) is 9.61. The Bertz CT molecular complexity index is 597. The van der Waals surface area contributed by atoms with Crippen LogP contribution in [0.3, 0.4) is 0 Å². The third kappa shape index (κ3) is 3.37.